The van der Waals surface area contributed by atoms with Crippen LogP contribution in [0.2, 0.25) is 0 Å². The highest BCUT2D eigenvalue weighted by Gasteiger charge is 2.23. The topological polar surface area (TPSA) is 65.5 Å². The van der Waals surface area contributed by atoms with Gasteiger partial charge in [-0.3, -0.25) is 9.59 Å². The third kappa shape index (κ3) is 4.39. The zero-order valence-electron chi connectivity index (χ0n) is 15.2. The van der Waals surface area contributed by atoms with E-state index in [1.54, 1.807) is 29.0 Å². The van der Waals surface area contributed by atoms with Crippen molar-refractivity contribution in [2.24, 2.45) is 0 Å². The molecule has 136 valence electrons. The number of amides is 2. The molecule has 26 heavy (non-hydrogen) atoms. The lowest BCUT2D eigenvalue weighted by Gasteiger charge is -2.34. The number of piperazine rings is 1. The third-order valence-electron chi connectivity index (χ3n) is 4.61. The molecule has 0 radical (unpaired) electrons. The molecule has 2 heterocycles. The molecule has 1 aromatic carbocycles. The van der Waals surface area contributed by atoms with Crippen molar-refractivity contribution in [1.29, 1.82) is 0 Å². The number of aromatic nitrogens is 1. The first kappa shape index (κ1) is 17.9. The molecule has 1 N–H and O–H groups in total. The van der Waals surface area contributed by atoms with Crippen molar-refractivity contribution in [3.8, 4) is 0 Å². The minimum absolute atomic E-state index is 0.0548. The molecule has 2 aromatic rings. The summed E-state index contributed by atoms with van der Waals surface area (Å²) in [5.41, 5.74) is 3.74. The normalized spacial score (nSPS) is 14.2. The Balaban J connectivity index is 1.54. The quantitative estimate of drug-likeness (QED) is 0.917. The summed E-state index contributed by atoms with van der Waals surface area (Å²) in [7, 11) is 0. The predicted octanol–water partition coefficient (Wildman–Crippen LogP) is 2.31. The summed E-state index contributed by atoms with van der Waals surface area (Å²) in [6, 6.07) is 12.0. The minimum Gasteiger partial charge on any atom is -0.380 e. The number of hydrogen-bond donors (Lipinski definition) is 1. The lowest BCUT2D eigenvalue weighted by Crippen LogP contribution is -2.50. The average molecular weight is 352 g/mol. The molecule has 1 fully saturated rings. The van der Waals surface area contributed by atoms with E-state index in [0.29, 0.717) is 38.4 Å². The van der Waals surface area contributed by atoms with Crippen molar-refractivity contribution in [3.05, 3.63) is 59.4 Å². The van der Waals surface area contributed by atoms with Crippen molar-refractivity contribution in [1.82, 2.24) is 14.8 Å². The third-order valence-corrected chi connectivity index (χ3v) is 4.61. The number of carbonyl (C=O) groups excluding carboxylic acids is 2. The Morgan fingerprint density at radius 2 is 1.65 bits per heavy atom. The molecule has 1 aromatic heterocycles. The molecule has 1 saturated heterocycles. The fourth-order valence-corrected chi connectivity index (χ4v) is 2.92. The van der Waals surface area contributed by atoms with E-state index in [1.165, 1.54) is 11.1 Å². The van der Waals surface area contributed by atoms with E-state index in [9.17, 15) is 9.59 Å². The van der Waals surface area contributed by atoms with Gasteiger partial charge in [0, 0.05) is 39.6 Å². The van der Waals surface area contributed by atoms with Crippen LogP contribution in [0.4, 0.5) is 5.69 Å². The van der Waals surface area contributed by atoms with Crippen molar-refractivity contribution < 1.29 is 9.59 Å². The number of nitrogens with one attached hydrogen (secondary N) is 1. The van der Waals surface area contributed by atoms with Gasteiger partial charge in [0.2, 0.25) is 5.91 Å². The van der Waals surface area contributed by atoms with E-state index in [0.717, 1.165) is 5.69 Å². The van der Waals surface area contributed by atoms with Gasteiger partial charge in [-0.05, 0) is 24.6 Å². The maximum absolute atomic E-state index is 12.5. The number of rotatable bonds is 4. The second-order valence-electron chi connectivity index (χ2n) is 6.57. The Bertz CT molecular complexity index is 763. The van der Waals surface area contributed by atoms with E-state index in [2.05, 4.69) is 41.5 Å². The fraction of sp³-hybridized carbons (Fsp3) is 0.350. The van der Waals surface area contributed by atoms with Crippen LogP contribution in [-0.4, -0.2) is 52.8 Å². The largest absolute Gasteiger partial charge is 0.380 e. The monoisotopic (exact) mass is 352 g/mol. The maximum atomic E-state index is 12.5. The highest BCUT2D eigenvalue weighted by molar-refractivity contribution is 5.92. The van der Waals surface area contributed by atoms with Gasteiger partial charge < -0.3 is 15.1 Å². The molecule has 0 saturated carbocycles. The summed E-state index contributed by atoms with van der Waals surface area (Å²) in [6.07, 6.45) is 1.69. The molecular formula is C20H24N4O2. The molecule has 3 rings (SSSR count). The molecule has 0 spiro atoms. The van der Waals surface area contributed by atoms with Crippen molar-refractivity contribution in [3.63, 3.8) is 0 Å². The second-order valence-corrected chi connectivity index (χ2v) is 6.57. The van der Waals surface area contributed by atoms with Crippen LogP contribution in [0.25, 0.3) is 0 Å². The van der Waals surface area contributed by atoms with E-state index in [4.69, 9.17) is 0 Å². The molecule has 0 bridgehead atoms. The highest BCUT2D eigenvalue weighted by Crippen LogP contribution is 2.12. The van der Waals surface area contributed by atoms with Gasteiger partial charge in [-0.1, -0.05) is 29.8 Å². The zero-order valence-corrected chi connectivity index (χ0v) is 15.2. The highest BCUT2D eigenvalue weighted by atomic mass is 16.2. The van der Waals surface area contributed by atoms with Crippen LogP contribution < -0.4 is 5.32 Å². The fourth-order valence-electron chi connectivity index (χ4n) is 2.92. The van der Waals surface area contributed by atoms with Crippen molar-refractivity contribution >= 4 is 17.5 Å². The summed E-state index contributed by atoms with van der Waals surface area (Å²) in [5.74, 6) is -0.0301. The van der Waals surface area contributed by atoms with Crippen LogP contribution in [0, 0.1) is 6.92 Å². The Morgan fingerprint density at radius 1 is 1.00 bits per heavy atom. The molecule has 6 nitrogen and oxygen atoms in total. The maximum Gasteiger partial charge on any atom is 0.272 e. The Morgan fingerprint density at radius 3 is 2.23 bits per heavy atom. The molecule has 0 atom stereocenters. The van der Waals surface area contributed by atoms with E-state index in [1.807, 2.05) is 6.07 Å². The number of carbonyl (C=O) groups is 2. The van der Waals surface area contributed by atoms with Crippen molar-refractivity contribution in [2.45, 2.75) is 20.4 Å². The van der Waals surface area contributed by atoms with Gasteiger partial charge in [0.05, 0.1) is 11.9 Å². The van der Waals surface area contributed by atoms with Crippen LogP contribution in [-0.2, 0) is 11.3 Å². The van der Waals surface area contributed by atoms with Crippen LogP contribution in [0.3, 0.4) is 0 Å². The number of benzene rings is 1. The Hall–Kier alpha value is -2.89. The Labute approximate surface area is 153 Å². The predicted molar refractivity (Wildman–Crippen MR) is 101 cm³/mol. The second kappa shape index (κ2) is 7.99. The van der Waals surface area contributed by atoms with E-state index < -0.39 is 0 Å². The van der Waals surface area contributed by atoms with E-state index in [-0.39, 0.29) is 11.8 Å². The minimum atomic E-state index is -0.0849. The Kier molecular flexibility index (Phi) is 5.51. The summed E-state index contributed by atoms with van der Waals surface area (Å²) >= 11 is 0. The van der Waals surface area contributed by atoms with Crippen LogP contribution in [0.5, 0.6) is 0 Å². The van der Waals surface area contributed by atoms with Gasteiger partial charge in [-0.15, -0.1) is 0 Å². The van der Waals surface area contributed by atoms with Gasteiger partial charge >= 0.3 is 0 Å². The standard InChI is InChI=1S/C20H24N4O2/c1-15-3-5-17(6-4-15)13-21-18-7-8-19(22-14-18)20(26)24-11-9-23(10-12-24)16(2)25/h3-8,14,21H,9-13H2,1-2H3. The number of nitrogens with zero attached hydrogens (tertiary/aromatic N) is 3. The number of aryl methyl sites for hydroxylation is 1. The van der Waals surface area contributed by atoms with E-state index >= 15 is 0 Å². The van der Waals surface area contributed by atoms with Gasteiger partial charge in [-0.2, -0.15) is 0 Å². The molecule has 1 aliphatic heterocycles. The first-order chi connectivity index (χ1) is 12.5. The molecule has 0 unspecified atom stereocenters. The van der Waals surface area contributed by atoms with Crippen LogP contribution >= 0.6 is 0 Å². The first-order valence-corrected chi connectivity index (χ1v) is 8.83. The molecule has 6 heteroatoms. The van der Waals surface area contributed by atoms with Crippen molar-refractivity contribution in [2.75, 3.05) is 31.5 Å². The van der Waals surface area contributed by atoms with Gasteiger partial charge in [0.15, 0.2) is 0 Å². The first-order valence-electron chi connectivity index (χ1n) is 8.83. The van der Waals surface area contributed by atoms with Crippen LogP contribution in [0.1, 0.15) is 28.5 Å². The number of hydrogen-bond acceptors (Lipinski definition) is 4. The summed E-state index contributed by atoms with van der Waals surface area (Å²) in [6.45, 7) is 6.59. The molecule has 2 amide bonds. The summed E-state index contributed by atoms with van der Waals surface area (Å²) in [4.78, 5) is 31.7. The molecular weight excluding hydrogens is 328 g/mol. The SMILES string of the molecule is CC(=O)N1CCN(C(=O)c2ccc(NCc3ccc(C)cc3)cn2)CC1. The lowest BCUT2D eigenvalue weighted by molar-refractivity contribution is -0.130. The van der Waals surface area contributed by atoms with Gasteiger partial charge in [0.1, 0.15) is 5.69 Å². The smallest absolute Gasteiger partial charge is 0.272 e. The van der Waals surface area contributed by atoms with Gasteiger partial charge in [0.25, 0.3) is 5.91 Å². The molecule has 1 aliphatic rings. The molecule has 0 aliphatic carbocycles. The van der Waals surface area contributed by atoms with Crippen LogP contribution in [0.15, 0.2) is 42.6 Å². The number of pyridine rings is 1. The summed E-state index contributed by atoms with van der Waals surface area (Å²) in [5, 5.41) is 3.31. The zero-order chi connectivity index (χ0) is 18.5. The van der Waals surface area contributed by atoms with Gasteiger partial charge in [-0.25, -0.2) is 4.98 Å². The summed E-state index contributed by atoms with van der Waals surface area (Å²) < 4.78 is 0. The lowest BCUT2D eigenvalue weighted by atomic mass is 10.1. The number of anilines is 1. The average Bonchev–Trinajstić information content (AvgIpc) is 2.67.